The molecule has 0 saturated heterocycles. The van der Waals surface area contributed by atoms with Crippen LogP contribution < -0.4 is 5.32 Å². The minimum Gasteiger partial charge on any atom is -0.481 e. The second-order valence-corrected chi connectivity index (χ2v) is 5.79. The lowest BCUT2D eigenvalue weighted by molar-refractivity contribution is -0.145. The molecule has 2 atom stereocenters. The smallest absolute Gasteiger partial charge is 0.307 e. The van der Waals surface area contributed by atoms with E-state index in [2.05, 4.69) is 21.2 Å². The average Bonchev–Trinajstić information content (AvgIpc) is 2.83. The number of rotatable bonds is 3. The number of amides is 1. The van der Waals surface area contributed by atoms with Crippen molar-refractivity contribution in [2.24, 2.45) is 11.8 Å². The highest BCUT2D eigenvalue weighted by Gasteiger charge is 2.37. The molecule has 1 saturated carbocycles. The van der Waals surface area contributed by atoms with E-state index in [9.17, 15) is 9.59 Å². The SMILES string of the molecule is Cc1cc(NC(=O)[C@@H]2CCC[C@@H]2C(=O)O)ccc1Br. The van der Waals surface area contributed by atoms with Crippen LogP contribution in [0, 0.1) is 18.8 Å². The number of halogens is 1. The summed E-state index contributed by atoms with van der Waals surface area (Å²) in [6.07, 6.45) is 2.04. The van der Waals surface area contributed by atoms with Crippen LogP contribution in [0.25, 0.3) is 0 Å². The number of carboxylic acids is 1. The molecular formula is C14H16BrNO3. The normalized spacial score (nSPS) is 22.2. The van der Waals surface area contributed by atoms with Crippen LogP contribution >= 0.6 is 15.9 Å². The lowest BCUT2D eigenvalue weighted by Crippen LogP contribution is -2.29. The van der Waals surface area contributed by atoms with E-state index in [-0.39, 0.29) is 5.91 Å². The third kappa shape index (κ3) is 3.15. The van der Waals surface area contributed by atoms with Crippen molar-refractivity contribution in [1.29, 1.82) is 0 Å². The Labute approximate surface area is 120 Å². The number of aliphatic carboxylic acids is 1. The van der Waals surface area contributed by atoms with Gasteiger partial charge in [-0.2, -0.15) is 0 Å². The van der Waals surface area contributed by atoms with Crippen molar-refractivity contribution in [2.75, 3.05) is 5.32 Å². The molecule has 4 nitrogen and oxygen atoms in total. The van der Waals surface area contributed by atoms with Crippen LogP contribution in [0.1, 0.15) is 24.8 Å². The maximum absolute atomic E-state index is 12.1. The molecule has 2 N–H and O–H groups in total. The van der Waals surface area contributed by atoms with Crippen molar-refractivity contribution in [2.45, 2.75) is 26.2 Å². The van der Waals surface area contributed by atoms with E-state index >= 15 is 0 Å². The zero-order valence-corrected chi connectivity index (χ0v) is 12.2. The molecule has 1 aliphatic rings. The number of carboxylic acid groups (broad SMARTS) is 1. The molecular weight excluding hydrogens is 310 g/mol. The maximum Gasteiger partial charge on any atom is 0.307 e. The molecule has 0 aromatic heterocycles. The summed E-state index contributed by atoms with van der Waals surface area (Å²) in [5.74, 6) is -2.02. The highest BCUT2D eigenvalue weighted by Crippen LogP contribution is 2.33. The minimum absolute atomic E-state index is 0.188. The molecule has 0 aliphatic heterocycles. The van der Waals surface area contributed by atoms with Crippen LogP contribution in [0.4, 0.5) is 5.69 Å². The summed E-state index contributed by atoms with van der Waals surface area (Å²) in [4.78, 5) is 23.2. The van der Waals surface area contributed by atoms with Gasteiger partial charge in [-0.3, -0.25) is 9.59 Å². The lowest BCUT2D eigenvalue weighted by atomic mass is 9.95. The van der Waals surface area contributed by atoms with Gasteiger partial charge in [-0.15, -0.1) is 0 Å². The van der Waals surface area contributed by atoms with Crippen molar-refractivity contribution in [3.63, 3.8) is 0 Å². The summed E-state index contributed by atoms with van der Waals surface area (Å²) < 4.78 is 0.981. The van der Waals surface area contributed by atoms with E-state index in [0.29, 0.717) is 18.5 Å². The second-order valence-electron chi connectivity index (χ2n) is 4.94. The van der Waals surface area contributed by atoms with Crippen LogP contribution in [-0.4, -0.2) is 17.0 Å². The summed E-state index contributed by atoms with van der Waals surface area (Å²) in [6, 6.07) is 5.54. The number of aryl methyl sites for hydroxylation is 1. The molecule has 1 aliphatic carbocycles. The quantitative estimate of drug-likeness (QED) is 0.896. The van der Waals surface area contributed by atoms with Gasteiger partial charge < -0.3 is 10.4 Å². The maximum atomic E-state index is 12.1. The Morgan fingerprint density at radius 1 is 1.32 bits per heavy atom. The molecule has 102 valence electrons. The molecule has 1 amide bonds. The fourth-order valence-corrected chi connectivity index (χ4v) is 2.77. The Balaban J connectivity index is 2.08. The van der Waals surface area contributed by atoms with Crippen LogP contribution in [0.3, 0.4) is 0 Å². The average molecular weight is 326 g/mol. The fraction of sp³-hybridized carbons (Fsp3) is 0.429. The molecule has 0 radical (unpaired) electrons. The number of benzene rings is 1. The van der Waals surface area contributed by atoms with E-state index in [1.165, 1.54) is 0 Å². The Bertz CT molecular complexity index is 515. The molecule has 1 aromatic rings. The molecule has 0 unspecified atom stereocenters. The highest BCUT2D eigenvalue weighted by atomic mass is 79.9. The Morgan fingerprint density at radius 3 is 2.63 bits per heavy atom. The van der Waals surface area contributed by atoms with Crippen LogP contribution in [-0.2, 0) is 9.59 Å². The lowest BCUT2D eigenvalue weighted by Gasteiger charge is -2.16. The van der Waals surface area contributed by atoms with Gasteiger partial charge in [-0.1, -0.05) is 22.4 Å². The summed E-state index contributed by atoms with van der Waals surface area (Å²) >= 11 is 3.40. The molecule has 0 spiro atoms. The fourth-order valence-electron chi connectivity index (χ4n) is 2.53. The van der Waals surface area contributed by atoms with Gasteiger partial charge >= 0.3 is 5.97 Å². The number of anilines is 1. The molecule has 5 heteroatoms. The molecule has 1 aromatic carbocycles. The minimum atomic E-state index is -0.871. The predicted octanol–water partition coefficient (Wildman–Crippen LogP) is 3.20. The zero-order chi connectivity index (χ0) is 14.0. The van der Waals surface area contributed by atoms with Gasteiger partial charge in [0.2, 0.25) is 5.91 Å². The molecule has 1 fully saturated rings. The number of hydrogen-bond acceptors (Lipinski definition) is 2. The van der Waals surface area contributed by atoms with E-state index in [0.717, 1.165) is 16.5 Å². The zero-order valence-electron chi connectivity index (χ0n) is 10.6. The Morgan fingerprint density at radius 2 is 2.00 bits per heavy atom. The van der Waals surface area contributed by atoms with Gasteiger partial charge in [0.15, 0.2) is 0 Å². The Hall–Kier alpha value is -1.36. The van der Waals surface area contributed by atoms with Crippen molar-refractivity contribution in [1.82, 2.24) is 0 Å². The summed E-state index contributed by atoms with van der Waals surface area (Å²) in [7, 11) is 0. The molecule has 2 rings (SSSR count). The second kappa shape index (κ2) is 5.74. The van der Waals surface area contributed by atoms with Crippen molar-refractivity contribution >= 4 is 33.5 Å². The van der Waals surface area contributed by atoms with Gasteiger partial charge in [0.1, 0.15) is 0 Å². The number of carbonyl (C=O) groups excluding carboxylic acids is 1. The van der Waals surface area contributed by atoms with Crippen LogP contribution in [0.15, 0.2) is 22.7 Å². The number of nitrogens with one attached hydrogen (secondary N) is 1. The standard InChI is InChI=1S/C14H16BrNO3/c1-8-7-9(5-6-12(8)15)16-13(17)10-3-2-4-11(10)14(18)19/h5-7,10-11H,2-4H2,1H3,(H,16,17)(H,18,19)/t10-,11+/m1/s1. The summed E-state index contributed by atoms with van der Waals surface area (Å²) in [5, 5.41) is 11.9. The van der Waals surface area contributed by atoms with E-state index in [1.807, 2.05) is 19.1 Å². The van der Waals surface area contributed by atoms with Crippen molar-refractivity contribution < 1.29 is 14.7 Å². The summed E-state index contributed by atoms with van der Waals surface area (Å²) in [5.41, 5.74) is 1.74. The van der Waals surface area contributed by atoms with Gasteiger partial charge in [-0.25, -0.2) is 0 Å². The van der Waals surface area contributed by atoms with Crippen molar-refractivity contribution in [3.05, 3.63) is 28.2 Å². The first kappa shape index (κ1) is 14.1. The first-order valence-electron chi connectivity index (χ1n) is 6.29. The van der Waals surface area contributed by atoms with Crippen LogP contribution in [0.2, 0.25) is 0 Å². The monoisotopic (exact) mass is 325 g/mol. The largest absolute Gasteiger partial charge is 0.481 e. The van der Waals surface area contributed by atoms with E-state index in [4.69, 9.17) is 5.11 Å². The number of carbonyl (C=O) groups is 2. The number of hydrogen-bond donors (Lipinski definition) is 2. The van der Waals surface area contributed by atoms with E-state index < -0.39 is 17.8 Å². The molecule has 0 heterocycles. The highest BCUT2D eigenvalue weighted by molar-refractivity contribution is 9.10. The van der Waals surface area contributed by atoms with Gasteiger partial charge in [0.25, 0.3) is 0 Å². The van der Waals surface area contributed by atoms with Gasteiger partial charge in [0.05, 0.1) is 11.8 Å². The predicted molar refractivity (Wildman–Crippen MR) is 76.0 cm³/mol. The summed E-state index contributed by atoms with van der Waals surface area (Å²) in [6.45, 7) is 1.94. The van der Waals surface area contributed by atoms with Gasteiger partial charge in [-0.05, 0) is 43.5 Å². The van der Waals surface area contributed by atoms with Crippen molar-refractivity contribution in [3.8, 4) is 0 Å². The molecule has 19 heavy (non-hydrogen) atoms. The molecule has 0 bridgehead atoms. The van der Waals surface area contributed by atoms with Crippen LogP contribution in [0.5, 0.6) is 0 Å². The third-order valence-corrected chi connectivity index (χ3v) is 4.49. The topological polar surface area (TPSA) is 66.4 Å². The van der Waals surface area contributed by atoms with Gasteiger partial charge in [0, 0.05) is 10.2 Å². The van der Waals surface area contributed by atoms with E-state index in [1.54, 1.807) is 6.07 Å². The third-order valence-electron chi connectivity index (χ3n) is 3.60. The Kier molecular flexibility index (Phi) is 4.24. The first-order valence-corrected chi connectivity index (χ1v) is 7.08. The first-order chi connectivity index (χ1) is 8.99.